The zero-order valence-electron chi connectivity index (χ0n) is 9.08. The quantitative estimate of drug-likeness (QED) is 0.812. The number of hydrogen-bond acceptors (Lipinski definition) is 1. The molecule has 18 heavy (non-hydrogen) atoms. The van der Waals surface area contributed by atoms with E-state index in [1.165, 1.54) is 0 Å². The van der Waals surface area contributed by atoms with E-state index >= 15 is 0 Å². The lowest BCUT2D eigenvalue weighted by Crippen LogP contribution is -2.14. The van der Waals surface area contributed by atoms with Crippen molar-refractivity contribution in [1.29, 1.82) is 0 Å². The molecular weight excluding hydrogens is 351 g/mol. The van der Waals surface area contributed by atoms with Gasteiger partial charge in [0, 0.05) is 9.64 Å². The van der Waals surface area contributed by atoms with Crippen molar-refractivity contribution in [2.45, 2.75) is 0 Å². The molecule has 2 rings (SSSR count). The number of rotatable bonds is 2. The van der Waals surface area contributed by atoms with E-state index in [-0.39, 0.29) is 5.56 Å². The van der Waals surface area contributed by atoms with Crippen molar-refractivity contribution in [3.8, 4) is 0 Å². The van der Waals surface area contributed by atoms with Crippen molar-refractivity contribution in [3.05, 3.63) is 63.2 Å². The Morgan fingerprint density at radius 3 is 2.50 bits per heavy atom. The molecule has 0 aliphatic heterocycles. The Bertz CT molecular complexity index is 601. The highest BCUT2D eigenvalue weighted by atomic mass is 127. The Kier molecular flexibility index (Phi) is 3.90. The minimum atomic E-state index is -0.876. The summed E-state index contributed by atoms with van der Waals surface area (Å²) < 4.78 is 27.0. The third-order valence-electron chi connectivity index (χ3n) is 2.30. The Morgan fingerprint density at radius 1 is 1.11 bits per heavy atom. The molecule has 0 spiro atoms. The smallest absolute Gasteiger partial charge is 0.258 e. The fourth-order valence-electron chi connectivity index (χ4n) is 1.43. The molecule has 0 aliphatic carbocycles. The molecule has 2 aromatic rings. The topological polar surface area (TPSA) is 29.1 Å². The molecule has 0 radical (unpaired) electrons. The highest BCUT2D eigenvalue weighted by Crippen LogP contribution is 2.19. The number of amides is 1. The van der Waals surface area contributed by atoms with Gasteiger partial charge in [-0.05, 0) is 46.9 Å². The SMILES string of the molecule is O=C(Nc1ccccc1I)c1ccc(F)cc1F. The number of benzene rings is 2. The van der Waals surface area contributed by atoms with Crippen molar-refractivity contribution in [3.63, 3.8) is 0 Å². The second-order valence-corrected chi connectivity index (χ2v) is 4.72. The van der Waals surface area contributed by atoms with Gasteiger partial charge in [-0.2, -0.15) is 0 Å². The van der Waals surface area contributed by atoms with Gasteiger partial charge in [0.2, 0.25) is 0 Å². The molecular formula is C13H8F2INO. The summed E-state index contributed by atoms with van der Waals surface area (Å²) >= 11 is 2.06. The number of carbonyl (C=O) groups excluding carboxylic acids is 1. The highest BCUT2D eigenvalue weighted by molar-refractivity contribution is 14.1. The lowest BCUT2D eigenvalue weighted by atomic mass is 10.2. The number of nitrogens with one attached hydrogen (secondary N) is 1. The Hall–Kier alpha value is -1.50. The summed E-state index contributed by atoms with van der Waals surface area (Å²) in [4.78, 5) is 11.8. The summed E-state index contributed by atoms with van der Waals surface area (Å²) in [6.07, 6.45) is 0. The van der Waals surface area contributed by atoms with E-state index in [1.807, 2.05) is 12.1 Å². The second-order valence-electron chi connectivity index (χ2n) is 3.56. The summed E-state index contributed by atoms with van der Waals surface area (Å²) in [6.45, 7) is 0. The Balaban J connectivity index is 2.25. The van der Waals surface area contributed by atoms with Crippen LogP contribution in [0.2, 0.25) is 0 Å². The van der Waals surface area contributed by atoms with Gasteiger partial charge < -0.3 is 5.32 Å². The summed E-state index contributed by atoms with van der Waals surface area (Å²) in [7, 11) is 0. The van der Waals surface area contributed by atoms with Crippen LogP contribution in [0.3, 0.4) is 0 Å². The van der Waals surface area contributed by atoms with E-state index in [4.69, 9.17) is 0 Å². The summed E-state index contributed by atoms with van der Waals surface area (Å²) in [6, 6.07) is 9.97. The molecule has 0 heterocycles. The van der Waals surface area contributed by atoms with E-state index < -0.39 is 17.5 Å². The van der Waals surface area contributed by atoms with E-state index in [0.29, 0.717) is 11.8 Å². The highest BCUT2D eigenvalue weighted by Gasteiger charge is 2.13. The predicted octanol–water partition coefficient (Wildman–Crippen LogP) is 3.82. The first-order valence-electron chi connectivity index (χ1n) is 5.09. The first-order valence-corrected chi connectivity index (χ1v) is 6.17. The van der Waals surface area contributed by atoms with Crippen molar-refractivity contribution >= 4 is 34.2 Å². The average Bonchev–Trinajstić information content (AvgIpc) is 2.32. The first-order chi connectivity index (χ1) is 8.58. The van der Waals surface area contributed by atoms with E-state index in [0.717, 1.165) is 15.7 Å². The standard InChI is InChI=1S/C13H8F2INO/c14-8-5-6-9(10(15)7-8)13(18)17-12-4-2-1-3-11(12)16/h1-7H,(H,17,18). The van der Waals surface area contributed by atoms with E-state index in [2.05, 4.69) is 27.9 Å². The number of halogens is 3. The third kappa shape index (κ3) is 2.84. The van der Waals surface area contributed by atoms with E-state index in [9.17, 15) is 13.6 Å². The van der Waals surface area contributed by atoms with Crippen LogP contribution >= 0.6 is 22.6 Å². The minimum absolute atomic E-state index is 0.184. The van der Waals surface area contributed by atoms with Crippen LogP contribution in [-0.4, -0.2) is 5.91 Å². The number of anilines is 1. The Morgan fingerprint density at radius 2 is 1.83 bits per heavy atom. The van der Waals surface area contributed by atoms with Gasteiger partial charge in [-0.25, -0.2) is 8.78 Å². The van der Waals surface area contributed by atoms with Crippen LogP contribution in [0.15, 0.2) is 42.5 Å². The summed E-state index contributed by atoms with van der Waals surface area (Å²) in [5.41, 5.74) is 0.405. The molecule has 0 bridgehead atoms. The molecule has 92 valence electrons. The van der Waals surface area contributed by atoms with Crippen LogP contribution in [0.1, 0.15) is 10.4 Å². The molecule has 0 unspecified atom stereocenters. The number of hydrogen-bond donors (Lipinski definition) is 1. The van der Waals surface area contributed by atoms with Crippen LogP contribution < -0.4 is 5.32 Å². The molecule has 0 atom stereocenters. The zero-order chi connectivity index (χ0) is 13.1. The maximum atomic E-state index is 13.4. The van der Waals surface area contributed by atoms with Gasteiger partial charge in [-0.3, -0.25) is 4.79 Å². The van der Waals surface area contributed by atoms with Gasteiger partial charge in [0.1, 0.15) is 11.6 Å². The molecule has 0 saturated heterocycles. The van der Waals surface area contributed by atoms with Crippen molar-refractivity contribution < 1.29 is 13.6 Å². The van der Waals surface area contributed by atoms with Gasteiger partial charge in [-0.15, -0.1) is 0 Å². The van der Waals surface area contributed by atoms with Gasteiger partial charge in [0.05, 0.1) is 11.3 Å². The minimum Gasteiger partial charge on any atom is -0.321 e. The van der Waals surface area contributed by atoms with Crippen molar-refractivity contribution in [2.75, 3.05) is 5.32 Å². The molecule has 0 fully saturated rings. The van der Waals surface area contributed by atoms with Gasteiger partial charge >= 0.3 is 0 Å². The van der Waals surface area contributed by atoms with Gasteiger partial charge in [0.15, 0.2) is 0 Å². The number of carbonyl (C=O) groups is 1. The largest absolute Gasteiger partial charge is 0.321 e. The fourth-order valence-corrected chi connectivity index (χ4v) is 1.95. The van der Waals surface area contributed by atoms with Gasteiger partial charge in [-0.1, -0.05) is 12.1 Å². The predicted molar refractivity (Wildman–Crippen MR) is 73.5 cm³/mol. The van der Waals surface area contributed by atoms with Gasteiger partial charge in [0.25, 0.3) is 5.91 Å². The van der Waals surface area contributed by atoms with Crippen LogP contribution in [0, 0.1) is 15.2 Å². The maximum absolute atomic E-state index is 13.4. The molecule has 5 heteroatoms. The molecule has 0 aliphatic rings. The Labute approximate surface area is 116 Å². The number of para-hydroxylation sites is 1. The molecule has 1 amide bonds. The molecule has 2 nitrogen and oxygen atoms in total. The molecule has 0 saturated carbocycles. The lowest BCUT2D eigenvalue weighted by Gasteiger charge is -2.07. The molecule has 2 aromatic carbocycles. The maximum Gasteiger partial charge on any atom is 0.258 e. The fraction of sp³-hybridized carbons (Fsp3) is 0. The lowest BCUT2D eigenvalue weighted by molar-refractivity contribution is 0.102. The normalized spacial score (nSPS) is 10.2. The van der Waals surface area contributed by atoms with Crippen LogP contribution in [-0.2, 0) is 0 Å². The average molecular weight is 359 g/mol. The summed E-state index contributed by atoms with van der Waals surface area (Å²) in [5.74, 6) is -2.19. The monoisotopic (exact) mass is 359 g/mol. The van der Waals surface area contributed by atoms with Crippen molar-refractivity contribution in [1.82, 2.24) is 0 Å². The van der Waals surface area contributed by atoms with Crippen LogP contribution in [0.5, 0.6) is 0 Å². The zero-order valence-corrected chi connectivity index (χ0v) is 11.2. The third-order valence-corrected chi connectivity index (χ3v) is 3.24. The van der Waals surface area contributed by atoms with Crippen LogP contribution in [0.25, 0.3) is 0 Å². The van der Waals surface area contributed by atoms with Crippen molar-refractivity contribution in [2.24, 2.45) is 0 Å². The summed E-state index contributed by atoms with van der Waals surface area (Å²) in [5, 5.41) is 2.58. The van der Waals surface area contributed by atoms with Crippen LogP contribution in [0.4, 0.5) is 14.5 Å². The molecule has 0 aromatic heterocycles. The van der Waals surface area contributed by atoms with E-state index in [1.54, 1.807) is 12.1 Å². The second kappa shape index (κ2) is 5.43. The first kappa shape index (κ1) is 12.9. The molecule has 1 N–H and O–H groups in total.